The van der Waals surface area contributed by atoms with Crippen LogP contribution in [-0.4, -0.2) is 6.03 Å². The number of nitrogens with zero attached hydrogens (tertiary/aromatic N) is 1. The van der Waals surface area contributed by atoms with Crippen molar-refractivity contribution in [3.63, 3.8) is 0 Å². The summed E-state index contributed by atoms with van der Waals surface area (Å²) in [4.78, 5) is 11.6. The molecule has 0 fully saturated rings. The van der Waals surface area contributed by atoms with Crippen molar-refractivity contribution in [1.29, 1.82) is 0 Å². The van der Waals surface area contributed by atoms with Crippen molar-refractivity contribution in [2.75, 3.05) is 10.0 Å². The summed E-state index contributed by atoms with van der Waals surface area (Å²) in [5.74, 6) is 0. The molecule has 0 aliphatic heterocycles. The Kier molecular flexibility index (Phi) is 5.14. The minimum atomic E-state index is -1.83. The Morgan fingerprint density at radius 2 is 1.65 bits per heavy atom. The Labute approximate surface area is 126 Å². The Hall–Kier alpha value is -1.86. The van der Waals surface area contributed by atoms with E-state index in [4.69, 9.17) is 0 Å². The van der Waals surface area contributed by atoms with Crippen molar-refractivity contribution in [2.45, 2.75) is 0 Å². The highest BCUT2D eigenvalue weighted by Gasteiger charge is 1.96. The van der Waals surface area contributed by atoms with Crippen molar-refractivity contribution in [2.24, 2.45) is 4.36 Å². The highest BCUT2D eigenvalue weighted by atomic mass is 79.9. The first-order valence-electron chi connectivity index (χ1n) is 5.65. The maximum atomic E-state index is 11.6. The molecule has 0 atom stereocenters. The number of amides is 2. The van der Waals surface area contributed by atoms with Gasteiger partial charge in [0.2, 0.25) is 0 Å². The van der Waals surface area contributed by atoms with E-state index in [1.54, 1.807) is 48.5 Å². The van der Waals surface area contributed by atoms with Crippen LogP contribution < -0.4 is 10.0 Å². The van der Waals surface area contributed by atoms with Gasteiger partial charge >= 0.3 is 6.03 Å². The SMILES string of the molecule is O=C(/N=[S-](=O)\Nc1ccccc1)Nc1ccc(Br)cc1. The first kappa shape index (κ1) is 14.5. The summed E-state index contributed by atoms with van der Waals surface area (Å²) in [6.07, 6.45) is 0. The lowest BCUT2D eigenvalue weighted by Crippen LogP contribution is -2.08. The van der Waals surface area contributed by atoms with Crippen LogP contribution in [0.5, 0.6) is 0 Å². The summed E-state index contributed by atoms with van der Waals surface area (Å²) in [6, 6.07) is 15.2. The van der Waals surface area contributed by atoms with Crippen molar-refractivity contribution in [1.82, 2.24) is 0 Å². The van der Waals surface area contributed by atoms with E-state index in [1.165, 1.54) is 0 Å². The zero-order chi connectivity index (χ0) is 14.4. The Balaban J connectivity index is 1.97. The summed E-state index contributed by atoms with van der Waals surface area (Å²) in [7, 11) is -1.83. The van der Waals surface area contributed by atoms with E-state index in [1.807, 2.05) is 6.07 Å². The molecule has 0 radical (unpaired) electrons. The molecule has 0 aliphatic carbocycles. The molecule has 104 valence electrons. The predicted octanol–water partition coefficient (Wildman–Crippen LogP) is 4.16. The number of carbonyl (C=O) groups excluding carboxylic acids is 1. The van der Waals surface area contributed by atoms with Crippen molar-refractivity contribution < 1.29 is 9.00 Å². The molecule has 0 saturated carbocycles. The van der Waals surface area contributed by atoms with Gasteiger partial charge in [-0.1, -0.05) is 44.9 Å². The molecule has 0 spiro atoms. The van der Waals surface area contributed by atoms with Crippen LogP contribution in [0.2, 0.25) is 0 Å². The third-order valence-electron chi connectivity index (χ3n) is 2.24. The van der Waals surface area contributed by atoms with Crippen LogP contribution in [-0.2, 0) is 15.0 Å². The third kappa shape index (κ3) is 4.67. The largest absolute Gasteiger partial charge is 0.435 e. The van der Waals surface area contributed by atoms with Gasteiger partial charge in [0, 0.05) is 15.8 Å². The zero-order valence-corrected chi connectivity index (χ0v) is 12.6. The zero-order valence-electron chi connectivity index (χ0n) is 10.2. The van der Waals surface area contributed by atoms with Gasteiger partial charge in [0.25, 0.3) is 0 Å². The number of para-hydroxylation sites is 1. The fourth-order valence-electron chi connectivity index (χ4n) is 1.38. The fraction of sp³-hybridized carbons (Fsp3) is 0. The van der Waals surface area contributed by atoms with E-state index >= 15 is 0 Å². The normalized spacial score (nSPS) is 11.8. The maximum absolute atomic E-state index is 11.6. The number of hydrogen-bond donors (Lipinski definition) is 2. The molecular weight excluding hydrogens is 342 g/mol. The van der Waals surface area contributed by atoms with Crippen LogP contribution in [0.25, 0.3) is 0 Å². The van der Waals surface area contributed by atoms with Crippen LogP contribution in [0.15, 0.2) is 63.4 Å². The molecule has 2 aromatic rings. The van der Waals surface area contributed by atoms with Gasteiger partial charge in [0.1, 0.15) is 0 Å². The molecule has 2 amide bonds. The molecule has 0 saturated heterocycles. The lowest BCUT2D eigenvalue weighted by atomic mass is 10.3. The standard InChI is InChI=1S/C13H11BrN3O2S/c14-10-6-8-11(9-7-10)15-13(18)17-20(19)16-12-4-2-1-3-5-12/h1-9H,(H2,15,16,17,18,19)/q-1. The van der Waals surface area contributed by atoms with Crippen molar-refractivity contribution >= 4 is 44.1 Å². The van der Waals surface area contributed by atoms with E-state index in [2.05, 4.69) is 30.3 Å². The van der Waals surface area contributed by atoms with E-state index in [0.717, 1.165) is 4.47 Å². The van der Waals surface area contributed by atoms with Crippen molar-refractivity contribution in [3.8, 4) is 0 Å². The summed E-state index contributed by atoms with van der Waals surface area (Å²) in [5.41, 5.74) is 1.21. The summed E-state index contributed by atoms with van der Waals surface area (Å²) < 4.78 is 18.6. The number of rotatable bonds is 3. The molecule has 2 aromatic carbocycles. The smallest absolute Gasteiger partial charge is 0.323 e. The van der Waals surface area contributed by atoms with Gasteiger partial charge in [-0.3, -0.25) is 4.36 Å². The second-order valence-corrected chi connectivity index (χ2v) is 5.55. The van der Waals surface area contributed by atoms with Crippen molar-refractivity contribution in [3.05, 3.63) is 59.1 Å². The minimum Gasteiger partial charge on any atom is -0.435 e. The number of halogens is 1. The van der Waals surface area contributed by atoms with Crippen LogP contribution >= 0.6 is 15.9 Å². The molecule has 5 nitrogen and oxygen atoms in total. The van der Waals surface area contributed by atoms with Gasteiger partial charge in [-0.05, 0) is 36.4 Å². The molecule has 0 unspecified atom stereocenters. The highest BCUT2D eigenvalue weighted by molar-refractivity contribution is 9.10. The minimum absolute atomic E-state index is 0.582. The molecule has 0 aliphatic rings. The Morgan fingerprint density at radius 1 is 1.00 bits per heavy atom. The molecule has 0 aromatic heterocycles. The summed E-state index contributed by atoms with van der Waals surface area (Å²) >= 11 is 3.29. The van der Waals surface area contributed by atoms with E-state index < -0.39 is 16.8 Å². The third-order valence-corrected chi connectivity index (χ3v) is 3.51. The topological polar surface area (TPSA) is 70.6 Å². The highest BCUT2D eigenvalue weighted by Crippen LogP contribution is 2.14. The van der Waals surface area contributed by atoms with Gasteiger partial charge in [0.15, 0.2) is 0 Å². The number of carbonyl (C=O) groups is 1. The predicted molar refractivity (Wildman–Crippen MR) is 83.7 cm³/mol. The molecule has 0 bridgehead atoms. The van der Waals surface area contributed by atoms with Gasteiger partial charge in [-0.15, -0.1) is 0 Å². The average molecular weight is 353 g/mol. The average Bonchev–Trinajstić information content (AvgIpc) is 2.42. The molecule has 2 rings (SSSR count). The van der Waals surface area contributed by atoms with E-state index in [-0.39, 0.29) is 0 Å². The van der Waals surface area contributed by atoms with Crippen LogP contribution in [0, 0.1) is 0 Å². The van der Waals surface area contributed by atoms with Gasteiger partial charge in [-0.25, -0.2) is 4.79 Å². The fourth-order valence-corrected chi connectivity index (χ4v) is 2.23. The summed E-state index contributed by atoms with van der Waals surface area (Å²) in [6.45, 7) is 0. The number of benzene rings is 2. The molecule has 20 heavy (non-hydrogen) atoms. The number of anilines is 2. The first-order valence-corrected chi connectivity index (χ1v) is 7.55. The quantitative estimate of drug-likeness (QED) is 0.814. The summed E-state index contributed by atoms with van der Waals surface area (Å²) in [5, 5.41) is 2.53. The van der Waals surface area contributed by atoms with Crippen LogP contribution in [0.1, 0.15) is 0 Å². The monoisotopic (exact) mass is 352 g/mol. The Bertz CT molecular complexity index is 668. The molecule has 2 N–H and O–H groups in total. The van der Waals surface area contributed by atoms with Gasteiger partial charge in [0.05, 0.1) is 0 Å². The maximum Gasteiger partial charge on any atom is 0.323 e. The molecule has 7 heteroatoms. The van der Waals surface area contributed by atoms with Crippen LogP contribution in [0.4, 0.5) is 16.2 Å². The second-order valence-electron chi connectivity index (χ2n) is 3.75. The molecular formula is C13H11BrN3O2S-. The van der Waals surface area contributed by atoms with E-state index in [9.17, 15) is 9.00 Å². The van der Waals surface area contributed by atoms with Crippen LogP contribution in [0.3, 0.4) is 0 Å². The number of hydrogen-bond acceptors (Lipinski definition) is 3. The number of nitrogens with one attached hydrogen (secondary N) is 2. The van der Waals surface area contributed by atoms with Gasteiger partial charge < -0.3 is 14.2 Å². The first-order chi connectivity index (χ1) is 9.63. The lowest BCUT2D eigenvalue weighted by Gasteiger charge is -2.09. The molecule has 0 heterocycles. The second kappa shape index (κ2) is 7.06. The Morgan fingerprint density at radius 3 is 2.30 bits per heavy atom. The number of urea groups is 1. The van der Waals surface area contributed by atoms with E-state index in [0.29, 0.717) is 11.4 Å². The van der Waals surface area contributed by atoms with Gasteiger partial charge in [-0.2, -0.15) is 0 Å². The lowest BCUT2D eigenvalue weighted by molar-refractivity contribution is 0.260.